The molecule has 0 aromatic heterocycles. The number of aliphatic hydroxyl groups excluding tert-OH is 1. The first-order valence-electron chi connectivity index (χ1n) is 5.71. The van der Waals surface area contributed by atoms with E-state index < -0.39 is 6.10 Å². The molecular formula is C13H19NO2. The van der Waals surface area contributed by atoms with Crippen LogP contribution >= 0.6 is 0 Å². The summed E-state index contributed by atoms with van der Waals surface area (Å²) in [4.78, 5) is 0. The molecule has 1 aliphatic rings. The van der Waals surface area contributed by atoms with E-state index in [1.54, 1.807) is 0 Å². The molecular weight excluding hydrogens is 202 g/mol. The number of benzene rings is 1. The van der Waals surface area contributed by atoms with E-state index >= 15 is 0 Å². The Kier molecular flexibility index (Phi) is 3.17. The molecule has 0 spiro atoms. The molecule has 0 bridgehead atoms. The van der Waals surface area contributed by atoms with Gasteiger partial charge in [-0.25, -0.2) is 0 Å². The molecule has 0 fully saturated rings. The molecule has 0 amide bonds. The number of rotatable bonds is 1. The summed E-state index contributed by atoms with van der Waals surface area (Å²) >= 11 is 0. The third-order valence-electron chi connectivity index (χ3n) is 3.34. The van der Waals surface area contributed by atoms with Crippen molar-refractivity contribution >= 4 is 0 Å². The molecule has 1 heterocycles. The first kappa shape index (κ1) is 11.4. The van der Waals surface area contributed by atoms with E-state index in [0.717, 1.165) is 11.3 Å². The molecule has 2 atom stereocenters. The fourth-order valence-electron chi connectivity index (χ4n) is 2.05. The van der Waals surface area contributed by atoms with Gasteiger partial charge in [-0.3, -0.25) is 0 Å². The van der Waals surface area contributed by atoms with Gasteiger partial charge in [-0.15, -0.1) is 0 Å². The lowest BCUT2D eigenvalue weighted by Gasteiger charge is -2.14. The zero-order valence-corrected chi connectivity index (χ0v) is 10.1. The van der Waals surface area contributed by atoms with Crippen LogP contribution in [0.15, 0.2) is 12.1 Å². The number of aryl methyl sites for hydroxylation is 2. The Hall–Kier alpha value is -1.06. The van der Waals surface area contributed by atoms with Crippen LogP contribution < -0.4 is 10.1 Å². The van der Waals surface area contributed by atoms with E-state index in [2.05, 4.69) is 19.2 Å². The van der Waals surface area contributed by atoms with Gasteiger partial charge in [0, 0.05) is 11.6 Å². The van der Waals surface area contributed by atoms with Crippen LogP contribution in [-0.2, 0) is 0 Å². The van der Waals surface area contributed by atoms with Gasteiger partial charge in [0.2, 0.25) is 0 Å². The smallest absolute Gasteiger partial charge is 0.125 e. The normalized spacial score (nSPS) is 24.5. The van der Waals surface area contributed by atoms with Crippen LogP contribution in [0.5, 0.6) is 5.75 Å². The van der Waals surface area contributed by atoms with Gasteiger partial charge in [0.25, 0.3) is 0 Å². The molecule has 0 radical (unpaired) electrons. The van der Waals surface area contributed by atoms with Crippen LogP contribution in [0.4, 0.5) is 0 Å². The summed E-state index contributed by atoms with van der Waals surface area (Å²) in [5, 5.41) is 13.3. The number of ether oxygens (including phenoxy) is 1. The van der Waals surface area contributed by atoms with Gasteiger partial charge in [-0.1, -0.05) is 0 Å². The highest BCUT2D eigenvalue weighted by Crippen LogP contribution is 2.33. The molecule has 2 N–H and O–H groups in total. The predicted octanol–water partition coefficient (Wildman–Crippen LogP) is 1.71. The Morgan fingerprint density at radius 3 is 2.69 bits per heavy atom. The zero-order valence-electron chi connectivity index (χ0n) is 10.1. The molecule has 2 rings (SSSR count). The van der Waals surface area contributed by atoms with E-state index in [-0.39, 0.29) is 6.04 Å². The summed E-state index contributed by atoms with van der Waals surface area (Å²) < 4.78 is 5.74. The fraction of sp³-hybridized carbons (Fsp3) is 0.538. The number of fused-ring (bicyclic) bond motifs is 1. The first-order valence-corrected chi connectivity index (χ1v) is 5.71. The van der Waals surface area contributed by atoms with Crippen molar-refractivity contribution < 1.29 is 9.84 Å². The highest BCUT2D eigenvalue weighted by molar-refractivity contribution is 5.43. The minimum Gasteiger partial charge on any atom is -0.492 e. The molecule has 0 unspecified atom stereocenters. The molecule has 1 aromatic rings. The summed E-state index contributed by atoms with van der Waals surface area (Å²) in [5.74, 6) is 0.827. The molecule has 16 heavy (non-hydrogen) atoms. The van der Waals surface area contributed by atoms with Crippen molar-refractivity contribution in [3.63, 3.8) is 0 Å². The van der Waals surface area contributed by atoms with E-state index in [4.69, 9.17) is 4.74 Å². The summed E-state index contributed by atoms with van der Waals surface area (Å²) in [6.07, 6.45) is 0.265. The molecule has 0 saturated carbocycles. The standard InChI is InChI=1S/C13H19NO2/c1-8-4-11-12(15)6-10(14-3)7-16-13(11)5-9(8)2/h4-5,10,12,14-15H,6-7H2,1-3H3/t10-,12-/m1/s1. The summed E-state index contributed by atoms with van der Waals surface area (Å²) in [5.41, 5.74) is 3.32. The van der Waals surface area contributed by atoms with Crippen molar-refractivity contribution in [3.8, 4) is 5.75 Å². The maximum Gasteiger partial charge on any atom is 0.125 e. The average Bonchev–Trinajstić information content (AvgIpc) is 2.41. The topological polar surface area (TPSA) is 41.5 Å². The van der Waals surface area contributed by atoms with E-state index in [0.29, 0.717) is 13.0 Å². The largest absolute Gasteiger partial charge is 0.492 e. The van der Waals surface area contributed by atoms with E-state index in [1.807, 2.05) is 19.2 Å². The van der Waals surface area contributed by atoms with Gasteiger partial charge < -0.3 is 15.2 Å². The van der Waals surface area contributed by atoms with Crippen LogP contribution in [0.1, 0.15) is 29.2 Å². The Morgan fingerprint density at radius 1 is 1.31 bits per heavy atom. The van der Waals surface area contributed by atoms with Gasteiger partial charge in [0.05, 0.1) is 6.10 Å². The molecule has 3 nitrogen and oxygen atoms in total. The minimum atomic E-state index is -0.436. The molecule has 0 saturated heterocycles. The lowest BCUT2D eigenvalue weighted by atomic mass is 9.98. The Morgan fingerprint density at radius 2 is 2.00 bits per heavy atom. The van der Waals surface area contributed by atoms with Crippen molar-refractivity contribution in [1.82, 2.24) is 5.32 Å². The van der Waals surface area contributed by atoms with Crippen LogP contribution in [0.3, 0.4) is 0 Å². The van der Waals surface area contributed by atoms with Crippen molar-refractivity contribution in [3.05, 3.63) is 28.8 Å². The maximum absolute atomic E-state index is 10.1. The van der Waals surface area contributed by atoms with E-state index in [1.165, 1.54) is 11.1 Å². The third kappa shape index (κ3) is 2.06. The van der Waals surface area contributed by atoms with Crippen molar-refractivity contribution in [2.75, 3.05) is 13.7 Å². The lowest BCUT2D eigenvalue weighted by Crippen LogP contribution is -2.31. The quantitative estimate of drug-likeness (QED) is 0.758. The van der Waals surface area contributed by atoms with Crippen LogP contribution in [0, 0.1) is 13.8 Å². The molecule has 3 heteroatoms. The summed E-state index contributed by atoms with van der Waals surface area (Å²) in [7, 11) is 1.90. The first-order chi connectivity index (χ1) is 7.61. The second kappa shape index (κ2) is 4.44. The number of aliphatic hydroxyl groups is 1. The van der Waals surface area contributed by atoms with Gasteiger partial charge in [-0.2, -0.15) is 0 Å². The van der Waals surface area contributed by atoms with Crippen molar-refractivity contribution in [1.29, 1.82) is 0 Å². The summed E-state index contributed by atoms with van der Waals surface area (Å²) in [6.45, 7) is 4.73. The molecule has 88 valence electrons. The summed E-state index contributed by atoms with van der Waals surface area (Å²) in [6, 6.07) is 4.27. The van der Waals surface area contributed by atoms with Gasteiger partial charge >= 0.3 is 0 Å². The van der Waals surface area contributed by atoms with E-state index in [9.17, 15) is 5.11 Å². The number of nitrogens with one attached hydrogen (secondary N) is 1. The van der Waals surface area contributed by atoms with Crippen molar-refractivity contribution in [2.45, 2.75) is 32.4 Å². The second-order valence-corrected chi connectivity index (χ2v) is 4.52. The average molecular weight is 221 g/mol. The molecule has 0 aliphatic carbocycles. The Bertz CT molecular complexity index is 390. The number of hydrogen-bond acceptors (Lipinski definition) is 3. The van der Waals surface area contributed by atoms with Gasteiger partial charge in [0.1, 0.15) is 12.4 Å². The van der Waals surface area contributed by atoms with Gasteiger partial charge in [-0.05, 0) is 50.6 Å². The Labute approximate surface area is 96.4 Å². The highest BCUT2D eigenvalue weighted by Gasteiger charge is 2.23. The third-order valence-corrected chi connectivity index (χ3v) is 3.34. The van der Waals surface area contributed by atoms with Crippen LogP contribution in [0.25, 0.3) is 0 Å². The molecule has 1 aromatic carbocycles. The van der Waals surface area contributed by atoms with Crippen LogP contribution in [-0.4, -0.2) is 24.8 Å². The monoisotopic (exact) mass is 221 g/mol. The second-order valence-electron chi connectivity index (χ2n) is 4.52. The zero-order chi connectivity index (χ0) is 11.7. The SMILES string of the molecule is CN[C@H]1COc2cc(C)c(C)cc2[C@H](O)C1. The maximum atomic E-state index is 10.1. The van der Waals surface area contributed by atoms with Crippen LogP contribution in [0.2, 0.25) is 0 Å². The minimum absolute atomic E-state index is 0.211. The number of likely N-dealkylation sites (N-methyl/N-ethyl adjacent to an activating group) is 1. The highest BCUT2D eigenvalue weighted by atomic mass is 16.5. The van der Waals surface area contributed by atoms with Gasteiger partial charge in [0.15, 0.2) is 0 Å². The van der Waals surface area contributed by atoms with Crippen molar-refractivity contribution in [2.24, 2.45) is 0 Å². The predicted molar refractivity (Wildman–Crippen MR) is 63.8 cm³/mol. The number of hydrogen-bond donors (Lipinski definition) is 2. The fourth-order valence-corrected chi connectivity index (χ4v) is 2.05. The Balaban J connectivity index is 2.37. The molecule has 1 aliphatic heterocycles. The lowest BCUT2D eigenvalue weighted by molar-refractivity contribution is 0.153.